The monoisotopic (exact) mass is 309 g/mol. The first-order chi connectivity index (χ1) is 8.34. The highest BCUT2D eigenvalue weighted by Crippen LogP contribution is 2.33. The van der Waals surface area contributed by atoms with Crippen molar-refractivity contribution in [2.45, 2.75) is 12.3 Å². The SMILES string of the molecule is Brc1ccccc1-c1csc(C2CCOC2)n1. The van der Waals surface area contributed by atoms with Crippen molar-refractivity contribution in [3.05, 3.63) is 39.1 Å². The molecule has 0 spiro atoms. The third-order valence-corrected chi connectivity index (χ3v) is 4.65. The van der Waals surface area contributed by atoms with Crippen molar-refractivity contribution in [3.8, 4) is 11.3 Å². The second-order valence-electron chi connectivity index (χ2n) is 4.11. The van der Waals surface area contributed by atoms with Crippen molar-refractivity contribution in [2.24, 2.45) is 0 Å². The Hall–Kier alpha value is -0.710. The van der Waals surface area contributed by atoms with Gasteiger partial charge in [-0.15, -0.1) is 11.3 Å². The number of rotatable bonds is 2. The molecule has 88 valence electrons. The molecule has 1 unspecified atom stereocenters. The van der Waals surface area contributed by atoms with Crippen LogP contribution in [-0.4, -0.2) is 18.2 Å². The van der Waals surface area contributed by atoms with Gasteiger partial charge in [-0.25, -0.2) is 4.98 Å². The molecule has 1 fully saturated rings. The van der Waals surface area contributed by atoms with Crippen molar-refractivity contribution in [1.82, 2.24) is 4.98 Å². The number of halogens is 1. The summed E-state index contributed by atoms with van der Waals surface area (Å²) < 4.78 is 6.50. The van der Waals surface area contributed by atoms with Gasteiger partial charge in [0.05, 0.1) is 17.3 Å². The van der Waals surface area contributed by atoms with E-state index in [0.29, 0.717) is 5.92 Å². The standard InChI is InChI=1S/C13H12BrNOS/c14-11-4-2-1-3-10(11)12-8-17-13(15-12)9-5-6-16-7-9/h1-4,8-9H,5-7H2. The van der Waals surface area contributed by atoms with Crippen LogP contribution in [0.1, 0.15) is 17.3 Å². The smallest absolute Gasteiger partial charge is 0.0987 e. The maximum Gasteiger partial charge on any atom is 0.0987 e. The quantitative estimate of drug-likeness (QED) is 0.834. The molecule has 1 aliphatic rings. The van der Waals surface area contributed by atoms with Gasteiger partial charge in [-0.1, -0.05) is 34.1 Å². The van der Waals surface area contributed by atoms with Gasteiger partial charge >= 0.3 is 0 Å². The molecule has 2 heterocycles. The summed E-state index contributed by atoms with van der Waals surface area (Å²) >= 11 is 5.30. The summed E-state index contributed by atoms with van der Waals surface area (Å²) in [5.74, 6) is 0.497. The molecule has 1 saturated heterocycles. The van der Waals surface area contributed by atoms with Crippen molar-refractivity contribution >= 4 is 27.3 Å². The molecule has 3 rings (SSSR count). The zero-order valence-electron chi connectivity index (χ0n) is 9.23. The number of ether oxygens (including phenoxy) is 1. The van der Waals surface area contributed by atoms with E-state index in [1.807, 2.05) is 18.2 Å². The number of aromatic nitrogens is 1. The summed E-state index contributed by atoms with van der Waals surface area (Å²) in [6, 6.07) is 8.20. The lowest BCUT2D eigenvalue weighted by molar-refractivity contribution is 0.194. The molecular formula is C13H12BrNOS. The molecule has 1 aliphatic heterocycles. The average molecular weight is 310 g/mol. The first-order valence-corrected chi connectivity index (χ1v) is 7.30. The number of hydrogen-bond donors (Lipinski definition) is 0. The zero-order chi connectivity index (χ0) is 11.7. The highest BCUT2D eigenvalue weighted by Gasteiger charge is 2.21. The molecule has 2 aromatic rings. The van der Waals surface area contributed by atoms with Crippen molar-refractivity contribution in [3.63, 3.8) is 0 Å². The van der Waals surface area contributed by atoms with E-state index in [0.717, 1.165) is 35.4 Å². The molecular weight excluding hydrogens is 298 g/mol. The Balaban J connectivity index is 1.92. The maximum atomic E-state index is 5.41. The molecule has 0 amide bonds. The van der Waals surface area contributed by atoms with Gasteiger partial charge in [-0.3, -0.25) is 0 Å². The van der Waals surface area contributed by atoms with Crippen LogP contribution < -0.4 is 0 Å². The Morgan fingerprint density at radius 3 is 3.00 bits per heavy atom. The van der Waals surface area contributed by atoms with Gasteiger partial charge in [0.1, 0.15) is 0 Å². The van der Waals surface area contributed by atoms with E-state index in [9.17, 15) is 0 Å². The van der Waals surface area contributed by atoms with Crippen molar-refractivity contribution < 1.29 is 4.74 Å². The van der Waals surface area contributed by atoms with Gasteiger partial charge < -0.3 is 4.74 Å². The van der Waals surface area contributed by atoms with Gasteiger partial charge in [-0.05, 0) is 12.5 Å². The first-order valence-electron chi connectivity index (χ1n) is 5.62. The molecule has 1 aromatic heterocycles. The summed E-state index contributed by atoms with van der Waals surface area (Å²) in [6.07, 6.45) is 1.10. The van der Waals surface area contributed by atoms with Crippen LogP contribution in [0, 0.1) is 0 Å². The lowest BCUT2D eigenvalue weighted by Crippen LogP contribution is -1.96. The Labute approximate surface area is 113 Å². The Morgan fingerprint density at radius 2 is 2.24 bits per heavy atom. The van der Waals surface area contributed by atoms with Crippen LogP contribution in [0.15, 0.2) is 34.1 Å². The lowest BCUT2D eigenvalue weighted by atomic mass is 10.1. The van der Waals surface area contributed by atoms with E-state index in [4.69, 9.17) is 9.72 Å². The van der Waals surface area contributed by atoms with Gasteiger partial charge in [0, 0.05) is 27.9 Å². The lowest BCUT2D eigenvalue weighted by Gasteiger charge is -2.02. The van der Waals surface area contributed by atoms with Crippen LogP contribution in [0.4, 0.5) is 0 Å². The number of hydrogen-bond acceptors (Lipinski definition) is 3. The third kappa shape index (κ3) is 2.30. The molecule has 0 N–H and O–H groups in total. The minimum absolute atomic E-state index is 0.497. The predicted octanol–water partition coefficient (Wildman–Crippen LogP) is 4.08. The van der Waals surface area contributed by atoms with Crippen molar-refractivity contribution in [1.29, 1.82) is 0 Å². The summed E-state index contributed by atoms with van der Waals surface area (Å²) in [5.41, 5.74) is 2.22. The predicted molar refractivity (Wildman–Crippen MR) is 73.4 cm³/mol. The zero-order valence-corrected chi connectivity index (χ0v) is 11.6. The molecule has 0 radical (unpaired) electrons. The van der Waals surface area contributed by atoms with E-state index < -0.39 is 0 Å². The van der Waals surface area contributed by atoms with Crippen LogP contribution in [0.2, 0.25) is 0 Å². The first kappa shape index (κ1) is 11.4. The summed E-state index contributed by atoms with van der Waals surface area (Å²) in [7, 11) is 0. The van der Waals surface area contributed by atoms with Gasteiger partial charge in [-0.2, -0.15) is 0 Å². The van der Waals surface area contributed by atoms with Crippen LogP contribution in [0.25, 0.3) is 11.3 Å². The molecule has 17 heavy (non-hydrogen) atoms. The highest BCUT2D eigenvalue weighted by atomic mass is 79.9. The van der Waals surface area contributed by atoms with E-state index in [1.165, 1.54) is 5.01 Å². The molecule has 4 heteroatoms. The van der Waals surface area contributed by atoms with Crippen LogP contribution >= 0.6 is 27.3 Å². The molecule has 2 nitrogen and oxygen atoms in total. The molecule has 1 atom stereocenters. The van der Waals surface area contributed by atoms with E-state index in [-0.39, 0.29) is 0 Å². The molecule has 0 bridgehead atoms. The Morgan fingerprint density at radius 1 is 1.35 bits per heavy atom. The average Bonchev–Trinajstić information content (AvgIpc) is 3.00. The maximum absolute atomic E-state index is 5.41. The van der Waals surface area contributed by atoms with Crippen LogP contribution in [-0.2, 0) is 4.74 Å². The molecule has 1 aromatic carbocycles. The molecule has 0 saturated carbocycles. The fourth-order valence-corrected chi connectivity index (χ4v) is 3.43. The van der Waals surface area contributed by atoms with Gasteiger partial charge in [0.2, 0.25) is 0 Å². The number of nitrogens with zero attached hydrogens (tertiary/aromatic N) is 1. The fourth-order valence-electron chi connectivity index (χ4n) is 2.00. The molecule has 0 aliphatic carbocycles. The van der Waals surface area contributed by atoms with Gasteiger partial charge in [0.25, 0.3) is 0 Å². The summed E-state index contributed by atoms with van der Waals surface area (Å²) in [5, 5.41) is 3.33. The summed E-state index contributed by atoms with van der Waals surface area (Å²) in [6.45, 7) is 1.69. The minimum atomic E-state index is 0.497. The van der Waals surface area contributed by atoms with Crippen LogP contribution in [0.5, 0.6) is 0 Å². The fraction of sp³-hybridized carbons (Fsp3) is 0.308. The second-order valence-corrected chi connectivity index (χ2v) is 5.86. The van der Waals surface area contributed by atoms with Gasteiger partial charge in [0.15, 0.2) is 0 Å². The second kappa shape index (κ2) is 4.88. The topological polar surface area (TPSA) is 22.1 Å². The largest absolute Gasteiger partial charge is 0.381 e. The Bertz CT molecular complexity index is 520. The van der Waals surface area contributed by atoms with E-state index in [2.05, 4.69) is 27.4 Å². The van der Waals surface area contributed by atoms with E-state index >= 15 is 0 Å². The third-order valence-electron chi connectivity index (χ3n) is 2.95. The highest BCUT2D eigenvalue weighted by molar-refractivity contribution is 9.10. The minimum Gasteiger partial charge on any atom is -0.381 e. The number of benzene rings is 1. The van der Waals surface area contributed by atoms with Crippen molar-refractivity contribution in [2.75, 3.05) is 13.2 Å². The van der Waals surface area contributed by atoms with Crippen LogP contribution in [0.3, 0.4) is 0 Å². The summed E-state index contributed by atoms with van der Waals surface area (Å²) in [4.78, 5) is 4.73. The number of thiazole rings is 1. The Kier molecular flexibility index (Phi) is 3.27. The normalized spacial score (nSPS) is 19.7. The van der Waals surface area contributed by atoms with E-state index in [1.54, 1.807) is 11.3 Å².